The molecule has 0 saturated carbocycles. The fourth-order valence-corrected chi connectivity index (χ4v) is 3.49. The summed E-state index contributed by atoms with van der Waals surface area (Å²) in [6.45, 7) is 4.08. The molecule has 0 aromatic carbocycles. The first-order valence-corrected chi connectivity index (χ1v) is 8.02. The van der Waals surface area contributed by atoms with Crippen molar-refractivity contribution >= 4 is 22.4 Å². The molecule has 0 unspecified atom stereocenters. The first-order valence-electron chi connectivity index (χ1n) is 7.20. The smallest absolute Gasteiger partial charge is 0.347 e. The summed E-state index contributed by atoms with van der Waals surface area (Å²) in [5.74, 6) is -0.834. The minimum absolute atomic E-state index is 0.430. The molecule has 2 rings (SSSR count). The predicted molar refractivity (Wildman–Crippen MR) is 78.4 cm³/mol. The number of aromatic carboxylic acids is 1. The molecular formula is C14H22N2O2S. The summed E-state index contributed by atoms with van der Waals surface area (Å²) >= 11 is 1.35. The molecule has 1 aliphatic rings. The Morgan fingerprint density at radius 3 is 2.47 bits per heavy atom. The number of hydrogen-bond acceptors (Lipinski definition) is 4. The first-order chi connectivity index (χ1) is 9.22. The summed E-state index contributed by atoms with van der Waals surface area (Å²) in [6.07, 6.45) is 7.93. The van der Waals surface area contributed by atoms with Gasteiger partial charge in [-0.25, -0.2) is 9.78 Å². The number of rotatable bonds is 4. The lowest BCUT2D eigenvalue weighted by Crippen LogP contribution is -2.26. The summed E-state index contributed by atoms with van der Waals surface area (Å²) in [6, 6.07) is 0. The average Bonchev–Trinajstić information content (AvgIpc) is 2.73. The molecule has 1 aromatic heterocycles. The van der Waals surface area contributed by atoms with E-state index in [0.717, 1.165) is 36.8 Å². The maximum atomic E-state index is 11.3. The first kappa shape index (κ1) is 14.3. The van der Waals surface area contributed by atoms with Gasteiger partial charge in [-0.3, -0.25) is 0 Å². The predicted octanol–water partition coefficient (Wildman–Crippen LogP) is 3.56. The van der Waals surface area contributed by atoms with E-state index in [1.807, 2.05) is 0 Å². The van der Waals surface area contributed by atoms with E-state index >= 15 is 0 Å². The van der Waals surface area contributed by atoms with Crippen LogP contribution in [0.25, 0.3) is 0 Å². The van der Waals surface area contributed by atoms with Gasteiger partial charge in [-0.1, -0.05) is 43.9 Å². The van der Waals surface area contributed by atoms with Gasteiger partial charge >= 0.3 is 5.97 Å². The number of anilines is 1. The fraction of sp³-hybridized carbons (Fsp3) is 0.714. The van der Waals surface area contributed by atoms with Crippen molar-refractivity contribution in [3.05, 3.63) is 10.6 Å². The van der Waals surface area contributed by atoms with Crippen molar-refractivity contribution in [3.8, 4) is 0 Å². The number of thiazole rings is 1. The molecule has 2 heterocycles. The van der Waals surface area contributed by atoms with E-state index in [1.165, 1.54) is 43.4 Å². The van der Waals surface area contributed by atoms with Crippen molar-refractivity contribution in [2.75, 3.05) is 18.0 Å². The molecule has 1 fully saturated rings. The van der Waals surface area contributed by atoms with Gasteiger partial charge in [0.2, 0.25) is 0 Å². The molecule has 19 heavy (non-hydrogen) atoms. The third-order valence-corrected chi connectivity index (χ3v) is 4.64. The standard InChI is InChI=1S/C14H22N2O2S/c1-2-8-11-12(13(17)18)19-14(15-11)16-9-6-4-3-5-7-10-16/h2-10H2,1H3,(H,17,18). The summed E-state index contributed by atoms with van der Waals surface area (Å²) in [4.78, 5) is 18.6. The molecule has 106 valence electrons. The highest BCUT2D eigenvalue weighted by atomic mass is 32.1. The van der Waals surface area contributed by atoms with Crippen LogP contribution in [-0.2, 0) is 6.42 Å². The Labute approximate surface area is 118 Å². The Balaban J connectivity index is 2.17. The zero-order valence-corrected chi connectivity index (χ0v) is 12.3. The van der Waals surface area contributed by atoms with Gasteiger partial charge in [-0.15, -0.1) is 0 Å². The van der Waals surface area contributed by atoms with Crippen molar-refractivity contribution < 1.29 is 9.90 Å². The van der Waals surface area contributed by atoms with Crippen LogP contribution in [0.15, 0.2) is 0 Å². The van der Waals surface area contributed by atoms with E-state index in [4.69, 9.17) is 0 Å². The number of nitrogens with zero attached hydrogens (tertiary/aromatic N) is 2. The van der Waals surface area contributed by atoms with E-state index < -0.39 is 5.97 Å². The molecule has 0 radical (unpaired) electrons. The van der Waals surface area contributed by atoms with Crippen LogP contribution in [0, 0.1) is 0 Å². The van der Waals surface area contributed by atoms with E-state index in [2.05, 4.69) is 16.8 Å². The fourth-order valence-electron chi connectivity index (χ4n) is 2.49. The molecule has 0 aliphatic carbocycles. The van der Waals surface area contributed by atoms with Crippen LogP contribution < -0.4 is 4.90 Å². The Bertz CT molecular complexity index is 423. The topological polar surface area (TPSA) is 53.4 Å². The van der Waals surface area contributed by atoms with Crippen LogP contribution in [0.2, 0.25) is 0 Å². The molecule has 5 heteroatoms. The SMILES string of the molecule is CCCc1nc(N2CCCCCCC2)sc1C(=O)O. The van der Waals surface area contributed by atoms with Crippen LogP contribution >= 0.6 is 11.3 Å². The minimum atomic E-state index is -0.834. The summed E-state index contributed by atoms with van der Waals surface area (Å²) < 4.78 is 0. The third kappa shape index (κ3) is 3.69. The monoisotopic (exact) mass is 282 g/mol. The second-order valence-corrected chi connectivity index (χ2v) is 6.06. The van der Waals surface area contributed by atoms with Crippen LogP contribution in [0.3, 0.4) is 0 Å². The molecule has 1 N–H and O–H groups in total. The lowest BCUT2D eigenvalue weighted by molar-refractivity contribution is 0.0700. The number of carbonyl (C=O) groups is 1. The van der Waals surface area contributed by atoms with Crippen LogP contribution in [0.1, 0.15) is 60.8 Å². The molecule has 0 spiro atoms. The lowest BCUT2D eigenvalue weighted by Gasteiger charge is -2.23. The zero-order chi connectivity index (χ0) is 13.7. The number of aromatic nitrogens is 1. The maximum absolute atomic E-state index is 11.3. The quantitative estimate of drug-likeness (QED) is 0.917. The van der Waals surface area contributed by atoms with Gasteiger partial charge in [0, 0.05) is 13.1 Å². The van der Waals surface area contributed by atoms with Crippen molar-refractivity contribution in [1.29, 1.82) is 0 Å². The van der Waals surface area contributed by atoms with Gasteiger partial charge in [0.25, 0.3) is 0 Å². The normalized spacial score (nSPS) is 17.0. The van der Waals surface area contributed by atoms with Gasteiger partial charge in [0.15, 0.2) is 5.13 Å². The number of carboxylic acid groups (broad SMARTS) is 1. The van der Waals surface area contributed by atoms with Crippen LogP contribution in [0.4, 0.5) is 5.13 Å². The lowest BCUT2D eigenvalue weighted by atomic mass is 10.1. The Morgan fingerprint density at radius 1 is 1.26 bits per heavy atom. The highest BCUT2D eigenvalue weighted by Crippen LogP contribution is 2.28. The van der Waals surface area contributed by atoms with E-state index in [0.29, 0.717) is 4.88 Å². The van der Waals surface area contributed by atoms with Crippen LogP contribution in [0.5, 0.6) is 0 Å². The largest absolute Gasteiger partial charge is 0.477 e. The van der Waals surface area contributed by atoms with Crippen molar-refractivity contribution in [3.63, 3.8) is 0 Å². The molecular weight excluding hydrogens is 260 g/mol. The van der Waals surface area contributed by atoms with Gasteiger partial charge in [-0.2, -0.15) is 0 Å². The second-order valence-electron chi connectivity index (χ2n) is 5.08. The molecule has 0 amide bonds. The number of hydrogen-bond donors (Lipinski definition) is 1. The average molecular weight is 282 g/mol. The zero-order valence-electron chi connectivity index (χ0n) is 11.5. The van der Waals surface area contributed by atoms with Crippen LogP contribution in [-0.4, -0.2) is 29.1 Å². The van der Waals surface area contributed by atoms with E-state index in [-0.39, 0.29) is 0 Å². The van der Waals surface area contributed by atoms with Gasteiger partial charge in [0.05, 0.1) is 5.69 Å². The third-order valence-electron chi connectivity index (χ3n) is 3.49. The van der Waals surface area contributed by atoms with Crippen molar-refractivity contribution in [1.82, 2.24) is 4.98 Å². The van der Waals surface area contributed by atoms with E-state index in [9.17, 15) is 9.90 Å². The van der Waals surface area contributed by atoms with Gasteiger partial charge in [0.1, 0.15) is 4.88 Å². The molecule has 1 aromatic rings. The minimum Gasteiger partial charge on any atom is -0.477 e. The highest BCUT2D eigenvalue weighted by molar-refractivity contribution is 7.17. The van der Waals surface area contributed by atoms with Crippen molar-refractivity contribution in [2.24, 2.45) is 0 Å². The molecule has 0 atom stereocenters. The molecule has 1 aliphatic heterocycles. The van der Waals surface area contributed by atoms with E-state index in [1.54, 1.807) is 0 Å². The molecule has 4 nitrogen and oxygen atoms in total. The summed E-state index contributed by atoms with van der Waals surface area (Å²) in [5.41, 5.74) is 0.761. The highest BCUT2D eigenvalue weighted by Gasteiger charge is 2.20. The van der Waals surface area contributed by atoms with Gasteiger partial charge < -0.3 is 10.0 Å². The van der Waals surface area contributed by atoms with Gasteiger partial charge in [-0.05, 0) is 19.3 Å². The number of carboxylic acids is 1. The summed E-state index contributed by atoms with van der Waals surface area (Å²) in [7, 11) is 0. The molecule has 0 bridgehead atoms. The molecule has 1 saturated heterocycles. The maximum Gasteiger partial charge on any atom is 0.347 e. The van der Waals surface area contributed by atoms with Crippen molar-refractivity contribution in [2.45, 2.75) is 51.9 Å². The number of aryl methyl sites for hydroxylation is 1. The Hall–Kier alpha value is -1.10. The second kappa shape index (κ2) is 6.89. The summed E-state index contributed by atoms with van der Waals surface area (Å²) in [5, 5.41) is 10.2. The Morgan fingerprint density at radius 2 is 1.89 bits per heavy atom. The Kier molecular flexibility index (Phi) is 5.19.